The molecule has 0 atom stereocenters. The third-order valence-corrected chi connectivity index (χ3v) is 16.3. The van der Waals surface area contributed by atoms with E-state index in [4.69, 9.17) is 0 Å². The van der Waals surface area contributed by atoms with Crippen molar-refractivity contribution in [2.24, 2.45) is 0 Å². The highest BCUT2D eigenvalue weighted by Gasteiger charge is 2.52. The molecule has 1 heteroatoms. The second-order valence-electron chi connectivity index (χ2n) is 20.3. The molecule has 10 aromatic carbocycles. The minimum atomic E-state index is -0.480. The molecule has 0 bridgehead atoms. The summed E-state index contributed by atoms with van der Waals surface area (Å²) in [6.07, 6.45) is 0. The lowest BCUT2D eigenvalue weighted by Crippen LogP contribution is -2.26. The summed E-state index contributed by atoms with van der Waals surface area (Å²) >= 11 is 0. The van der Waals surface area contributed by atoms with Crippen LogP contribution in [-0.2, 0) is 16.2 Å². The summed E-state index contributed by atoms with van der Waals surface area (Å²) in [4.78, 5) is 2.63. The highest BCUT2D eigenvalue weighted by Crippen LogP contribution is 2.65. The van der Waals surface area contributed by atoms with Gasteiger partial charge in [-0.05, 0) is 124 Å². The third-order valence-electron chi connectivity index (χ3n) is 16.3. The van der Waals surface area contributed by atoms with Crippen molar-refractivity contribution in [2.75, 3.05) is 4.90 Å². The average molecular weight is 868 g/mol. The minimum absolute atomic E-state index is 0.157. The molecule has 322 valence electrons. The maximum absolute atomic E-state index is 2.63. The summed E-state index contributed by atoms with van der Waals surface area (Å²) < 4.78 is 0. The van der Waals surface area contributed by atoms with Gasteiger partial charge in [0.05, 0.1) is 16.8 Å². The Kier molecular flexibility index (Phi) is 8.08. The fourth-order valence-corrected chi connectivity index (χ4v) is 13.4. The van der Waals surface area contributed by atoms with Gasteiger partial charge in [-0.15, -0.1) is 0 Å². The number of hydrogen-bond acceptors (Lipinski definition) is 1. The summed E-state index contributed by atoms with van der Waals surface area (Å²) in [5.74, 6) is 0. The van der Waals surface area contributed by atoms with Crippen LogP contribution < -0.4 is 4.90 Å². The Morgan fingerprint density at radius 2 is 0.676 bits per heavy atom. The molecule has 1 nitrogen and oxygen atoms in total. The van der Waals surface area contributed by atoms with E-state index in [0.717, 1.165) is 11.4 Å². The molecule has 68 heavy (non-hydrogen) atoms. The molecule has 0 aliphatic heterocycles. The van der Waals surface area contributed by atoms with E-state index in [-0.39, 0.29) is 10.8 Å². The van der Waals surface area contributed by atoms with Gasteiger partial charge in [0, 0.05) is 27.6 Å². The highest BCUT2D eigenvalue weighted by atomic mass is 15.1. The smallest absolute Gasteiger partial charge is 0.0726 e. The summed E-state index contributed by atoms with van der Waals surface area (Å²) in [6.45, 7) is 9.58. The molecule has 0 saturated heterocycles. The zero-order valence-electron chi connectivity index (χ0n) is 38.8. The van der Waals surface area contributed by atoms with Crippen molar-refractivity contribution in [3.05, 3.63) is 269 Å². The van der Waals surface area contributed by atoms with Crippen LogP contribution in [0.15, 0.2) is 224 Å². The molecule has 0 unspecified atom stereocenters. The molecule has 4 aliphatic carbocycles. The second kappa shape index (κ2) is 14.0. The maximum atomic E-state index is 2.63. The van der Waals surface area contributed by atoms with Crippen molar-refractivity contribution in [2.45, 2.75) is 43.9 Å². The Balaban J connectivity index is 1.12. The van der Waals surface area contributed by atoms with Crippen LogP contribution in [0.5, 0.6) is 0 Å². The van der Waals surface area contributed by atoms with Gasteiger partial charge in [-0.3, -0.25) is 0 Å². The van der Waals surface area contributed by atoms with Gasteiger partial charge in [0.25, 0.3) is 0 Å². The molecule has 0 heterocycles. The Hall–Kier alpha value is -8.00. The molecule has 4 aliphatic rings. The van der Waals surface area contributed by atoms with Crippen LogP contribution in [0.1, 0.15) is 72.2 Å². The monoisotopic (exact) mass is 867 g/mol. The van der Waals surface area contributed by atoms with Crippen LogP contribution in [0, 0.1) is 0 Å². The summed E-state index contributed by atoms with van der Waals surface area (Å²) in [5.41, 5.74) is 28.8. The molecule has 0 N–H and O–H groups in total. The SMILES string of the molecule is CC1(C)c2ccccc2-c2ccc(N(c3cccc(-c4ccccc4)c3-c3cccc4c3-c3ccccc3C4(C)C)c3cccc4c3-c3ccccc3C43c4ccccc4-c4ccccc43)cc21. The van der Waals surface area contributed by atoms with Crippen molar-refractivity contribution in [1.29, 1.82) is 0 Å². The third kappa shape index (κ3) is 5.01. The minimum Gasteiger partial charge on any atom is -0.309 e. The molecular formula is C67H49N. The van der Waals surface area contributed by atoms with Gasteiger partial charge in [0.15, 0.2) is 0 Å². The zero-order chi connectivity index (χ0) is 45.5. The van der Waals surface area contributed by atoms with E-state index < -0.39 is 5.41 Å². The molecule has 0 fully saturated rings. The standard InChI is InChI=1S/C67H49N/c1-65(2)53-31-14-11-26-49(53)62-51(29-18-35-57(62)65)63-44(42-21-6-5-7-22-42)28-19-37-60(63)68(43-39-40-48-45-23-8-13-30-52(45)66(3,4)59(48)41-43)61-38-20-36-58-64(61)50-27-12-17-34-56(50)67(58)54-32-15-9-24-46(54)47-25-10-16-33-55(47)67/h5-41H,1-4H3. The van der Waals surface area contributed by atoms with Crippen LogP contribution in [0.3, 0.4) is 0 Å². The maximum Gasteiger partial charge on any atom is 0.0726 e. The van der Waals surface area contributed by atoms with Crippen LogP contribution in [0.4, 0.5) is 17.1 Å². The van der Waals surface area contributed by atoms with Crippen LogP contribution in [0.25, 0.3) is 66.8 Å². The average Bonchev–Trinajstić information content (AvgIpc) is 4.02. The number of nitrogens with zero attached hydrogens (tertiary/aromatic N) is 1. The van der Waals surface area contributed by atoms with Gasteiger partial charge in [-0.2, -0.15) is 0 Å². The highest BCUT2D eigenvalue weighted by molar-refractivity contribution is 6.07. The fourth-order valence-electron chi connectivity index (χ4n) is 13.4. The van der Waals surface area contributed by atoms with E-state index in [1.165, 1.54) is 117 Å². The molecule has 10 aromatic rings. The van der Waals surface area contributed by atoms with Crippen molar-refractivity contribution < 1.29 is 0 Å². The predicted octanol–water partition coefficient (Wildman–Crippen LogP) is 17.4. The summed E-state index contributed by atoms with van der Waals surface area (Å²) in [6, 6.07) is 85.1. The fraction of sp³-hybridized carbons (Fsp3) is 0.104. The molecule has 14 rings (SSSR count). The van der Waals surface area contributed by atoms with Crippen molar-refractivity contribution in [1.82, 2.24) is 0 Å². The lowest BCUT2D eigenvalue weighted by molar-refractivity contribution is 0.660. The van der Waals surface area contributed by atoms with E-state index in [2.05, 4.69) is 257 Å². The molecule has 0 amide bonds. The molecular weight excluding hydrogens is 819 g/mol. The Bertz CT molecular complexity index is 3710. The number of fused-ring (bicyclic) bond motifs is 16. The lowest BCUT2D eigenvalue weighted by Gasteiger charge is -2.34. The first-order valence-electron chi connectivity index (χ1n) is 24.2. The predicted molar refractivity (Wildman–Crippen MR) is 283 cm³/mol. The topological polar surface area (TPSA) is 3.24 Å². The summed E-state index contributed by atoms with van der Waals surface area (Å²) in [5, 5.41) is 0. The van der Waals surface area contributed by atoms with Crippen molar-refractivity contribution in [3.63, 3.8) is 0 Å². The molecule has 0 radical (unpaired) electrons. The van der Waals surface area contributed by atoms with Crippen molar-refractivity contribution in [3.8, 4) is 66.8 Å². The number of hydrogen-bond donors (Lipinski definition) is 0. The Morgan fingerprint density at radius 1 is 0.265 bits per heavy atom. The number of benzene rings is 10. The van der Waals surface area contributed by atoms with Crippen LogP contribution >= 0.6 is 0 Å². The molecule has 1 spiro atoms. The van der Waals surface area contributed by atoms with Crippen LogP contribution in [-0.4, -0.2) is 0 Å². The summed E-state index contributed by atoms with van der Waals surface area (Å²) in [7, 11) is 0. The largest absolute Gasteiger partial charge is 0.309 e. The Labute approximate surface area is 399 Å². The van der Waals surface area contributed by atoms with Gasteiger partial charge in [-0.1, -0.05) is 228 Å². The molecule has 0 aromatic heterocycles. The number of anilines is 3. The van der Waals surface area contributed by atoms with E-state index in [0.29, 0.717) is 0 Å². The normalized spacial score (nSPS) is 15.1. The van der Waals surface area contributed by atoms with Gasteiger partial charge in [0.1, 0.15) is 0 Å². The Morgan fingerprint density at radius 3 is 1.34 bits per heavy atom. The first kappa shape index (κ1) is 39.2. The zero-order valence-corrected chi connectivity index (χ0v) is 38.8. The van der Waals surface area contributed by atoms with E-state index >= 15 is 0 Å². The van der Waals surface area contributed by atoms with E-state index in [1.807, 2.05) is 0 Å². The second-order valence-corrected chi connectivity index (χ2v) is 20.3. The lowest BCUT2D eigenvalue weighted by atomic mass is 9.70. The van der Waals surface area contributed by atoms with Crippen molar-refractivity contribution >= 4 is 17.1 Å². The quantitative estimate of drug-likeness (QED) is 0.167. The van der Waals surface area contributed by atoms with Crippen LogP contribution in [0.2, 0.25) is 0 Å². The van der Waals surface area contributed by atoms with E-state index in [1.54, 1.807) is 0 Å². The van der Waals surface area contributed by atoms with Gasteiger partial charge in [-0.25, -0.2) is 0 Å². The van der Waals surface area contributed by atoms with E-state index in [9.17, 15) is 0 Å². The van der Waals surface area contributed by atoms with Gasteiger partial charge >= 0.3 is 0 Å². The van der Waals surface area contributed by atoms with Gasteiger partial charge < -0.3 is 4.90 Å². The first-order chi connectivity index (χ1) is 33.3. The van der Waals surface area contributed by atoms with Gasteiger partial charge in [0.2, 0.25) is 0 Å². The number of rotatable bonds is 5. The first-order valence-corrected chi connectivity index (χ1v) is 24.2. The molecule has 0 saturated carbocycles.